The maximum atomic E-state index is 11.0. The molecule has 1 aliphatic rings. The quantitative estimate of drug-likeness (QED) is 0.906. The Morgan fingerprint density at radius 2 is 1.76 bits per heavy atom. The minimum absolute atomic E-state index is 0.0982. The van der Waals surface area contributed by atoms with Crippen LogP contribution in [-0.4, -0.2) is 43.4 Å². The number of aliphatic hydroxyl groups is 1. The SMILES string of the molecule is CCC(O)(CC)C1CN(C)Cc2cc(OC)c(OC)cc21. The Labute approximate surface area is 127 Å². The first kappa shape index (κ1) is 16.1. The number of likely N-dealkylation sites (N-methyl/N-ethyl adjacent to an activating group) is 1. The van der Waals surface area contributed by atoms with Crippen LogP contribution >= 0.6 is 0 Å². The monoisotopic (exact) mass is 293 g/mol. The molecule has 1 aliphatic heterocycles. The van der Waals surface area contributed by atoms with Crippen molar-refractivity contribution in [3.05, 3.63) is 23.3 Å². The number of methoxy groups -OCH3 is 2. The summed E-state index contributed by atoms with van der Waals surface area (Å²) >= 11 is 0. The highest BCUT2D eigenvalue weighted by atomic mass is 16.5. The zero-order chi connectivity index (χ0) is 15.6. The molecule has 0 saturated carbocycles. The van der Waals surface area contributed by atoms with Gasteiger partial charge in [0.05, 0.1) is 19.8 Å². The van der Waals surface area contributed by atoms with Crippen molar-refractivity contribution < 1.29 is 14.6 Å². The van der Waals surface area contributed by atoms with Gasteiger partial charge in [-0.25, -0.2) is 0 Å². The van der Waals surface area contributed by atoms with Crippen LogP contribution in [0.3, 0.4) is 0 Å². The third-order valence-corrected chi connectivity index (χ3v) is 4.83. The van der Waals surface area contributed by atoms with Crippen molar-refractivity contribution in [3.8, 4) is 11.5 Å². The van der Waals surface area contributed by atoms with Gasteiger partial charge in [-0.05, 0) is 43.1 Å². The average Bonchev–Trinajstić information content (AvgIpc) is 2.51. The number of ether oxygens (including phenoxy) is 2. The lowest BCUT2D eigenvalue weighted by Gasteiger charge is -2.42. The summed E-state index contributed by atoms with van der Waals surface area (Å²) in [7, 11) is 5.40. The molecule has 4 nitrogen and oxygen atoms in total. The molecule has 1 aromatic rings. The zero-order valence-electron chi connectivity index (χ0n) is 13.8. The summed E-state index contributed by atoms with van der Waals surface area (Å²) in [6.45, 7) is 5.84. The maximum absolute atomic E-state index is 11.0. The molecule has 0 aromatic heterocycles. The smallest absolute Gasteiger partial charge is 0.161 e. The van der Waals surface area contributed by atoms with E-state index in [0.29, 0.717) is 0 Å². The Hall–Kier alpha value is -1.26. The molecule has 21 heavy (non-hydrogen) atoms. The van der Waals surface area contributed by atoms with Crippen LogP contribution in [0.5, 0.6) is 11.5 Å². The number of fused-ring (bicyclic) bond motifs is 1. The molecule has 1 unspecified atom stereocenters. The molecule has 118 valence electrons. The Bertz CT molecular complexity index is 497. The van der Waals surface area contributed by atoms with Crippen LogP contribution in [0, 0.1) is 0 Å². The molecular weight excluding hydrogens is 266 g/mol. The molecule has 0 aliphatic carbocycles. The van der Waals surface area contributed by atoms with Crippen molar-refractivity contribution in [1.82, 2.24) is 4.90 Å². The van der Waals surface area contributed by atoms with Crippen molar-refractivity contribution in [2.45, 2.75) is 44.8 Å². The highest BCUT2D eigenvalue weighted by Crippen LogP contribution is 2.43. The number of rotatable bonds is 5. The standard InChI is InChI=1S/C17H27NO3/c1-6-17(19,7-2)14-11-18(3)10-12-8-15(20-4)16(21-5)9-13(12)14/h8-9,14,19H,6-7,10-11H2,1-5H3. The molecule has 0 fully saturated rings. The summed E-state index contributed by atoms with van der Waals surface area (Å²) < 4.78 is 10.8. The van der Waals surface area contributed by atoms with Gasteiger partial charge < -0.3 is 19.5 Å². The molecule has 4 heteroatoms. The lowest BCUT2D eigenvalue weighted by Crippen LogP contribution is -2.44. The summed E-state index contributed by atoms with van der Waals surface area (Å²) in [4.78, 5) is 2.26. The van der Waals surface area contributed by atoms with Gasteiger partial charge in [-0.3, -0.25) is 0 Å². The van der Waals surface area contributed by atoms with Gasteiger partial charge in [0, 0.05) is 19.0 Å². The van der Waals surface area contributed by atoms with Gasteiger partial charge in [0.1, 0.15) is 0 Å². The minimum atomic E-state index is -0.678. The van der Waals surface area contributed by atoms with Gasteiger partial charge in [-0.2, -0.15) is 0 Å². The van der Waals surface area contributed by atoms with E-state index in [1.165, 1.54) is 11.1 Å². The average molecular weight is 293 g/mol. The van der Waals surface area contributed by atoms with E-state index >= 15 is 0 Å². The molecule has 1 heterocycles. The molecule has 1 atom stereocenters. The fourth-order valence-electron chi connectivity index (χ4n) is 3.37. The van der Waals surface area contributed by atoms with Gasteiger partial charge >= 0.3 is 0 Å². The number of hydrogen-bond acceptors (Lipinski definition) is 4. The van der Waals surface area contributed by atoms with E-state index in [2.05, 4.69) is 25.8 Å². The van der Waals surface area contributed by atoms with Crippen molar-refractivity contribution in [2.75, 3.05) is 27.8 Å². The molecule has 1 aromatic carbocycles. The van der Waals surface area contributed by atoms with Crippen LogP contribution in [0.4, 0.5) is 0 Å². The van der Waals surface area contributed by atoms with E-state index in [1.54, 1.807) is 14.2 Å². The topological polar surface area (TPSA) is 41.9 Å². The normalized spacial score (nSPS) is 19.2. The van der Waals surface area contributed by atoms with Gasteiger partial charge in [-0.15, -0.1) is 0 Å². The Balaban J connectivity index is 2.54. The fraction of sp³-hybridized carbons (Fsp3) is 0.647. The van der Waals surface area contributed by atoms with Crippen LogP contribution < -0.4 is 9.47 Å². The fourth-order valence-corrected chi connectivity index (χ4v) is 3.37. The Morgan fingerprint density at radius 1 is 1.19 bits per heavy atom. The summed E-state index contributed by atoms with van der Waals surface area (Å²) in [6, 6.07) is 4.09. The summed E-state index contributed by atoms with van der Waals surface area (Å²) in [5.41, 5.74) is 1.73. The van der Waals surface area contributed by atoms with E-state index in [9.17, 15) is 5.11 Å². The van der Waals surface area contributed by atoms with Crippen molar-refractivity contribution in [3.63, 3.8) is 0 Å². The summed E-state index contributed by atoms with van der Waals surface area (Å²) in [6.07, 6.45) is 1.49. The third-order valence-electron chi connectivity index (χ3n) is 4.83. The predicted octanol–water partition coefficient (Wildman–Crippen LogP) is 2.78. The zero-order valence-corrected chi connectivity index (χ0v) is 13.8. The van der Waals surface area contributed by atoms with E-state index in [0.717, 1.165) is 37.4 Å². The molecule has 0 bridgehead atoms. The summed E-state index contributed by atoms with van der Waals surface area (Å²) in [5.74, 6) is 1.59. The van der Waals surface area contributed by atoms with Gasteiger partial charge in [0.2, 0.25) is 0 Å². The summed E-state index contributed by atoms with van der Waals surface area (Å²) in [5, 5.41) is 11.0. The highest BCUT2D eigenvalue weighted by molar-refractivity contribution is 5.50. The van der Waals surface area contributed by atoms with Crippen LogP contribution in [-0.2, 0) is 6.54 Å². The van der Waals surface area contributed by atoms with Crippen LogP contribution in [0.15, 0.2) is 12.1 Å². The van der Waals surface area contributed by atoms with Crippen LogP contribution in [0.1, 0.15) is 43.7 Å². The molecular formula is C17H27NO3. The van der Waals surface area contributed by atoms with E-state index in [-0.39, 0.29) is 5.92 Å². The van der Waals surface area contributed by atoms with Crippen molar-refractivity contribution >= 4 is 0 Å². The molecule has 1 N–H and O–H groups in total. The van der Waals surface area contributed by atoms with E-state index < -0.39 is 5.60 Å². The molecule has 2 rings (SSSR count). The first-order valence-electron chi connectivity index (χ1n) is 7.64. The lowest BCUT2D eigenvalue weighted by molar-refractivity contribution is -0.0100. The molecule has 0 saturated heterocycles. The van der Waals surface area contributed by atoms with Crippen LogP contribution in [0.2, 0.25) is 0 Å². The predicted molar refractivity (Wildman–Crippen MR) is 84.2 cm³/mol. The van der Waals surface area contributed by atoms with E-state index in [4.69, 9.17) is 9.47 Å². The second-order valence-electron chi connectivity index (χ2n) is 5.97. The highest BCUT2D eigenvalue weighted by Gasteiger charge is 2.39. The number of benzene rings is 1. The Morgan fingerprint density at radius 3 is 2.29 bits per heavy atom. The maximum Gasteiger partial charge on any atom is 0.161 e. The van der Waals surface area contributed by atoms with Gasteiger partial charge in [0.25, 0.3) is 0 Å². The first-order valence-corrected chi connectivity index (χ1v) is 7.64. The largest absolute Gasteiger partial charge is 0.493 e. The third kappa shape index (κ3) is 2.87. The Kier molecular flexibility index (Phi) is 4.79. The second-order valence-corrected chi connectivity index (χ2v) is 5.97. The van der Waals surface area contributed by atoms with Gasteiger partial charge in [0.15, 0.2) is 11.5 Å². The number of hydrogen-bond donors (Lipinski definition) is 1. The first-order chi connectivity index (χ1) is 9.98. The number of nitrogens with zero attached hydrogens (tertiary/aromatic N) is 1. The molecule has 0 amide bonds. The van der Waals surface area contributed by atoms with Crippen LogP contribution in [0.25, 0.3) is 0 Å². The van der Waals surface area contributed by atoms with E-state index in [1.807, 2.05) is 12.1 Å². The van der Waals surface area contributed by atoms with Gasteiger partial charge in [-0.1, -0.05) is 13.8 Å². The van der Waals surface area contributed by atoms with Crippen molar-refractivity contribution in [1.29, 1.82) is 0 Å². The second kappa shape index (κ2) is 6.24. The molecule has 0 radical (unpaired) electrons. The van der Waals surface area contributed by atoms with Crippen molar-refractivity contribution in [2.24, 2.45) is 0 Å². The minimum Gasteiger partial charge on any atom is -0.493 e. The molecule has 0 spiro atoms. The lowest BCUT2D eigenvalue weighted by atomic mass is 9.75.